The molecule has 1 aliphatic carbocycles. The molecule has 1 aliphatic rings. The molecule has 2 atom stereocenters. The van der Waals surface area contributed by atoms with Gasteiger partial charge in [-0.1, -0.05) is 50.4 Å². The minimum atomic E-state index is -2.37. The van der Waals surface area contributed by atoms with E-state index in [0.717, 1.165) is 76.3 Å². The van der Waals surface area contributed by atoms with Crippen molar-refractivity contribution >= 4 is 29.6 Å². The smallest absolute Gasteiger partial charge is 0.313 e. The van der Waals surface area contributed by atoms with Crippen LogP contribution in [-0.2, 0) is 42.9 Å². The number of hydrogen-bond donors (Lipinski definition) is 7. The summed E-state index contributed by atoms with van der Waals surface area (Å²) in [6.07, 6.45) is 12.2. The number of carbonyl (C=O) groups is 5. The lowest BCUT2D eigenvalue weighted by atomic mass is 9.87. The van der Waals surface area contributed by atoms with Crippen molar-refractivity contribution in [2.24, 2.45) is 21.8 Å². The van der Waals surface area contributed by atoms with Crippen molar-refractivity contribution < 1.29 is 69.6 Å². The molecule has 0 saturated heterocycles. The molecule has 1 aromatic carbocycles. The summed E-state index contributed by atoms with van der Waals surface area (Å²) in [5.41, 5.74) is 13.4. The van der Waals surface area contributed by atoms with E-state index in [2.05, 4.69) is 41.7 Å². The Labute approximate surface area is 443 Å². The number of rotatable bonds is 42. The highest BCUT2D eigenvalue weighted by Crippen LogP contribution is 2.31. The number of allylic oxidation sites excluding steroid dienone is 1. The molecular formula is C50H84F5N9O12. The maximum absolute atomic E-state index is 13.6. The average Bonchev–Trinajstić information content (AvgIpc) is 3.39. The van der Waals surface area contributed by atoms with Crippen LogP contribution in [0.4, 0.5) is 22.0 Å². The predicted octanol–water partition coefficient (Wildman–Crippen LogP) is 5.53. The summed E-state index contributed by atoms with van der Waals surface area (Å²) in [6, 6.07) is -1.16. The maximum atomic E-state index is 13.6. The Hall–Kier alpha value is -5.28. The molecule has 436 valence electrons. The topological polar surface area (TPSA) is 303 Å². The fraction of sp³-hybridized carbons (Fsp3) is 0.740. The fourth-order valence-electron chi connectivity index (χ4n) is 6.50. The molecule has 0 bridgehead atoms. The number of carbonyl (C=O) groups excluding carboxylic acids is 5. The first kappa shape index (κ1) is 70.7. The van der Waals surface area contributed by atoms with Crippen molar-refractivity contribution in [1.82, 2.24) is 26.6 Å². The minimum Gasteiger partial charge on any atom is -0.420 e. The molecule has 4 amide bonds. The Bertz CT molecular complexity index is 1810. The lowest BCUT2D eigenvalue weighted by Crippen LogP contribution is -2.51. The summed E-state index contributed by atoms with van der Waals surface area (Å²) in [5, 5.41) is 19.8. The van der Waals surface area contributed by atoms with Gasteiger partial charge in [-0.25, -0.2) is 13.2 Å². The summed E-state index contributed by atoms with van der Waals surface area (Å²) >= 11 is 0. The third-order valence-corrected chi connectivity index (χ3v) is 10.9. The zero-order valence-electron chi connectivity index (χ0n) is 44.6. The van der Waals surface area contributed by atoms with E-state index in [1.54, 1.807) is 0 Å². The van der Waals surface area contributed by atoms with Crippen LogP contribution >= 0.6 is 0 Å². The molecule has 1 fully saturated rings. The van der Waals surface area contributed by atoms with Gasteiger partial charge in [0.15, 0.2) is 0 Å². The highest BCUT2D eigenvalue weighted by Gasteiger charge is 2.29. The highest BCUT2D eigenvalue weighted by molar-refractivity contribution is 5.91. The van der Waals surface area contributed by atoms with Crippen LogP contribution in [0.25, 0.3) is 0 Å². The quantitative estimate of drug-likeness (QED) is 0.00806. The maximum Gasteiger partial charge on any atom is 0.313 e. The Kier molecular flexibility index (Phi) is 43.7. The van der Waals surface area contributed by atoms with Gasteiger partial charge >= 0.3 is 5.97 Å². The first-order chi connectivity index (χ1) is 36.7. The van der Waals surface area contributed by atoms with Gasteiger partial charge in [-0.2, -0.15) is 18.6 Å². The van der Waals surface area contributed by atoms with E-state index in [-0.39, 0.29) is 84.4 Å². The molecule has 0 heterocycles. The van der Waals surface area contributed by atoms with E-state index in [1.165, 1.54) is 5.57 Å². The van der Waals surface area contributed by atoms with Gasteiger partial charge in [0.1, 0.15) is 6.04 Å². The molecule has 26 heteroatoms. The summed E-state index contributed by atoms with van der Waals surface area (Å²) in [6.45, 7) is 8.65. The molecule has 76 heavy (non-hydrogen) atoms. The van der Waals surface area contributed by atoms with Gasteiger partial charge in [-0.05, 0) is 95.7 Å². The number of hydrogen-bond acceptors (Lipinski definition) is 17. The number of nitrogens with zero attached hydrogens (tertiary/aromatic N) is 2. The first-order valence-corrected chi connectivity index (χ1v) is 26.3. The van der Waals surface area contributed by atoms with Crippen molar-refractivity contribution in [2.45, 2.75) is 142 Å². The molecule has 0 spiro atoms. The first-order valence-electron chi connectivity index (χ1n) is 26.3. The fourth-order valence-corrected chi connectivity index (χ4v) is 6.50. The largest absolute Gasteiger partial charge is 0.420 e. The highest BCUT2D eigenvalue weighted by atomic mass is 19.2. The molecule has 1 aromatic rings. The molecule has 0 aliphatic heterocycles. The molecule has 2 unspecified atom stereocenters. The Morgan fingerprint density at radius 3 is 1.49 bits per heavy atom. The van der Waals surface area contributed by atoms with E-state index in [0.29, 0.717) is 58.3 Å². The SMILES string of the molecule is CCCCC(=O)NC(CCCCN)C(NCC(=O)NC(CCCCN)C(=O)NCC(=O)NCCOCCOCCOCCOCCC(=O)Oc1c(F)c(F)c(F)c(F)c1F)=C1CCC1.CCCCN=O.CCCCN=O. The third kappa shape index (κ3) is 33.7. The van der Waals surface area contributed by atoms with Crippen LogP contribution in [0.5, 0.6) is 5.75 Å². The Balaban J connectivity index is 0.00000417. The van der Waals surface area contributed by atoms with Crippen LogP contribution in [0.15, 0.2) is 21.6 Å². The van der Waals surface area contributed by atoms with Gasteiger partial charge < -0.3 is 61.7 Å². The van der Waals surface area contributed by atoms with E-state index in [1.807, 2.05) is 20.8 Å². The molecule has 21 nitrogen and oxygen atoms in total. The Morgan fingerprint density at radius 2 is 1.01 bits per heavy atom. The second kappa shape index (κ2) is 47.0. The second-order valence-electron chi connectivity index (χ2n) is 17.2. The summed E-state index contributed by atoms with van der Waals surface area (Å²) in [4.78, 5) is 81.8. The molecule has 0 radical (unpaired) electrons. The number of unbranched alkanes of at least 4 members (excludes halogenated alkanes) is 5. The number of benzene rings is 1. The third-order valence-electron chi connectivity index (χ3n) is 10.9. The van der Waals surface area contributed by atoms with Crippen LogP contribution in [0.1, 0.15) is 130 Å². The zero-order chi connectivity index (χ0) is 56.8. The number of amides is 4. The summed E-state index contributed by atoms with van der Waals surface area (Å²) in [5.74, 6) is -15.7. The number of halogens is 5. The number of nitrogens with two attached hydrogens (primary N) is 2. The van der Waals surface area contributed by atoms with E-state index in [4.69, 9.17) is 30.4 Å². The van der Waals surface area contributed by atoms with Crippen LogP contribution < -0.4 is 42.8 Å². The van der Waals surface area contributed by atoms with Gasteiger partial charge in [0.05, 0.1) is 91.5 Å². The van der Waals surface area contributed by atoms with Crippen molar-refractivity contribution in [1.29, 1.82) is 0 Å². The van der Waals surface area contributed by atoms with Crippen molar-refractivity contribution in [3.05, 3.63) is 50.2 Å². The van der Waals surface area contributed by atoms with Crippen molar-refractivity contribution in [3.63, 3.8) is 0 Å². The van der Waals surface area contributed by atoms with E-state index in [9.17, 15) is 55.7 Å². The van der Waals surface area contributed by atoms with Crippen molar-refractivity contribution in [3.8, 4) is 5.75 Å². The molecule has 0 aromatic heterocycles. The van der Waals surface area contributed by atoms with Crippen LogP contribution in [-0.4, -0.2) is 140 Å². The number of esters is 1. The lowest BCUT2D eigenvalue weighted by molar-refractivity contribution is -0.136. The Morgan fingerprint density at radius 1 is 0.539 bits per heavy atom. The molecular weight excluding hydrogens is 1010 g/mol. The zero-order valence-corrected chi connectivity index (χ0v) is 44.6. The van der Waals surface area contributed by atoms with Gasteiger partial charge in [0, 0.05) is 18.7 Å². The number of nitrogens with one attached hydrogen (secondary N) is 5. The summed E-state index contributed by atoms with van der Waals surface area (Å²) in [7, 11) is 0. The van der Waals surface area contributed by atoms with Crippen LogP contribution in [0.2, 0.25) is 0 Å². The van der Waals surface area contributed by atoms with Gasteiger partial charge in [-0.3, -0.25) is 24.0 Å². The van der Waals surface area contributed by atoms with Crippen molar-refractivity contribution in [2.75, 3.05) is 98.7 Å². The standard InChI is InChI=1S/C42H66F5N7O10.2C4H9NO/c1-2-3-13-31(55)53-29(11-4-6-15-48)40(28-9-8-10-28)51-27-33(57)54-30(12-5-7-16-49)42(59)52-26-32(56)50-17-19-61-21-23-63-25-24-62-22-20-60-18-14-34(58)64-41-38(46)36(44)35(43)37(45)39(41)47;2*1-2-3-4-5-6/h29-30,51H,2-27,48-49H2,1H3,(H,50,56)(H,52,59)(H,53,55)(H,54,57);2*2-4H2,1H3. The monoisotopic (exact) mass is 1100 g/mol. The average molecular weight is 1100 g/mol. The molecule has 1 saturated carbocycles. The molecule has 2 rings (SSSR count). The molecule has 9 N–H and O–H groups in total. The van der Waals surface area contributed by atoms with E-state index >= 15 is 0 Å². The second-order valence-corrected chi connectivity index (χ2v) is 17.2. The normalized spacial score (nSPS) is 12.3. The predicted molar refractivity (Wildman–Crippen MR) is 275 cm³/mol. The lowest BCUT2D eigenvalue weighted by Gasteiger charge is -2.30. The van der Waals surface area contributed by atoms with Gasteiger partial charge in [0.2, 0.25) is 58.5 Å². The number of nitroso groups, excluding NO2 is 2. The minimum absolute atomic E-state index is 0.0254. The van der Waals surface area contributed by atoms with Crippen LogP contribution in [0, 0.1) is 38.9 Å². The van der Waals surface area contributed by atoms with Gasteiger partial charge in [-0.15, -0.1) is 0 Å². The summed E-state index contributed by atoms with van der Waals surface area (Å²) < 4.78 is 92.3. The van der Waals surface area contributed by atoms with Crippen LogP contribution in [0.3, 0.4) is 0 Å². The van der Waals surface area contributed by atoms with Gasteiger partial charge in [0.25, 0.3) is 0 Å². The number of ether oxygens (including phenoxy) is 5. The van der Waals surface area contributed by atoms with E-state index < -0.39 is 71.0 Å².